The number of amides is 1. The van der Waals surface area contributed by atoms with Gasteiger partial charge in [0.05, 0.1) is 7.11 Å². The molecule has 0 aliphatic rings. The molecule has 0 spiro atoms. The molecule has 1 heterocycles. The third kappa shape index (κ3) is 2.82. The van der Waals surface area contributed by atoms with E-state index in [1.807, 2.05) is 24.3 Å². The van der Waals surface area contributed by atoms with E-state index >= 15 is 0 Å². The van der Waals surface area contributed by atoms with Crippen LogP contribution in [0.2, 0.25) is 0 Å². The molecule has 2 rings (SSSR count). The van der Waals surface area contributed by atoms with Crippen molar-refractivity contribution in [2.45, 2.75) is 6.54 Å². The quantitative estimate of drug-likeness (QED) is 0.882. The van der Waals surface area contributed by atoms with Gasteiger partial charge in [-0.1, -0.05) is 18.2 Å². The minimum Gasteiger partial charge on any atom is -0.496 e. The van der Waals surface area contributed by atoms with Crippen molar-refractivity contribution in [3.8, 4) is 5.75 Å². The highest BCUT2D eigenvalue weighted by molar-refractivity contribution is 5.91. The minimum absolute atomic E-state index is 0.256. The Morgan fingerprint density at radius 3 is 2.83 bits per heavy atom. The van der Waals surface area contributed by atoms with E-state index in [0.717, 1.165) is 11.3 Å². The molecule has 0 bridgehead atoms. The summed E-state index contributed by atoms with van der Waals surface area (Å²) in [6.45, 7) is 0.388. The van der Waals surface area contributed by atoms with Gasteiger partial charge in [-0.05, 0) is 18.2 Å². The summed E-state index contributed by atoms with van der Waals surface area (Å²) in [5, 5.41) is 10.2. The number of para-hydroxylation sites is 1. The second-order valence-corrected chi connectivity index (χ2v) is 3.60. The van der Waals surface area contributed by atoms with Gasteiger partial charge in [0.1, 0.15) is 5.75 Å². The maximum atomic E-state index is 11.8. The Balaban J connectivity index is 2.02. The number of carbonyl (C=O) groups excluding carboxylic acids is 1. The molecule has 0 atom stereocenters. The molecule has 0 aliphatic heterocycles. The summed E-state index contributed by atoms with van der Waals surface area (Å²) in [6, 6.07) is 10.8. The Labute approximate surface area is 105 Å². The molecule has 2 aromatic rings. The van der Waals surface area contributed by atoms with Crippen molar-refractivity contribution in [2.75, 3.05) is 7.11 Å². The molecule has 0 radical (unpaired) electrons. The molecular formula is C13H13N3O2. The number of methoxy groups -OCH3 is 1. The topological polar surface area (TPSA) is 64.1 Å². The van der Waals surface area contributed by atoms with Crippen LogP contribution in [0, 0.1) is 0 Å². The summed E-state index contributed by atoms with van der Waals surface area (Å²) in [5.41, 5.74) is 1.21. The van der Waals surface area contributed by atoms with Gasteiger partial charge in [-0.3, -0.25) is 4.79 Å². The lowest BCUT2D eigenvalue weighted by molar-refractivity contribution is 0.0944. The van der Waals surface area contributed by atoms with E-state index in [1.165, 1.54) is 6.20 Å². The van der Waals surface area contributed by atoms with Crippen LogP contribution in [0.5, 0.6) is 5.75 Å². The summed E-state index contributed by atoms with van der Waals surface area (Å²) < 4.78 is 5.20. The first-order valence-corrected chi connectivity index (χ1v) is 5.49. The summed E-state index contributed by atoms with van der Waals surface area (Å²) in [7, 11) is 1.60. The Morgan fingerprint density at radius 1 is 1.28 bits per heavy atom. The van der Waals surface area contributed by atoms with Crippen LogP contribution in [0.25, 0.3) is 0 Å². The molecule has 0 aliphatic carbocycles. The van der Waals surface area contributed by atoms with Gasteiger partial charge in [0.2, 0.25) is 0 Å². The fourth-order valence-electron chi connectivity index (χ4n) is 1.54. The molecule has 5 nitrogen and oxygen atoms in total. The zero-order chi connectivity index (χ0) is 12.8. The number of carbonyl (C=O) groups is 1. The molecule has 0 unspecified atom stereocenters. The van der Waals surface area contributed by atoms with E-state index in [-0.39, 0.29) is 5.91 Å². The van der Waals surface area contributed by atoms with Crippen molar-refractivity contribution in [2.24, 2.45) is 0 Å². The SMILES string of the molecule is COc1ccccc1CNC(=O)c1cccnn1. The van der Waals surface area contributed by atoms with Crippen LogP contribution in [-0.2, 0) is 6.54 Å². The minimum atomic E-state index is -0.256. The fourth-order valence-corrected chi connectivity index (χ4v) is 1.54. The van der Waals surface area contributed by atoms with Crippen molar-refractivity contribution in [3.05, 3.63) is 53.9 Å². The molecule has 0 fully saturated rings. The molecule has 1 aromatic heterocycles. The van der Waals surface area contributed by atoms with Crippen molar-refractivity contribution in [1.29, 1.82) is 0 Å². The Hall–Kier alpha value is -2.43. The second-order valence-electron chi connectivity index (χ2n) is 3.60. The average Bonchev–Trinajstić information content (AvgIpc) is 2.46. The molecule has 92 valence electrons. The largest absolute Gasteiger partial charge is 0.496 e. The zero-order valence-corrected chi connectivity index (χ0v) is 9.96. The number of rotatable bonds is 4. The number of nitrogens with zero attached hydrogens (tertiary/aromatic N) is 2. The van der Waals surface area contributed by atoms with Gasteiger partial charge in [-0.2, -0.15) is 5.10 Å². The van der Waals surface area contributed by atoms with E-state index in [4.69, 9.17) is 4.74 Å². The van der Waals surface area contributed by atoms with E-state index in [1.54, 1.807) is 19.2 Å². The first kappa shape index (κ1) is 12.0. The van der Waals surface area contributed by atoms with Crippen LogP contribution in [-0.4, -0.2) is 23.2 Å². The molecule has 18 heavy (non-hydrogen) atoms. The first-order valence-electron chi connectivity index (χ1n) is 5.49. The normalized spacial score (nSPS) is 9.83. The van der Waals surface area contributed by atoms with Crippen LogP contribution in [0.15, 0.2) is 42.6 Å². The number of aromatic nitrogens is 2. The van der Waals surface area contributed by atoms with Crippen LogP contribution in [0.4, 0.5) is 0 Å². The predicted molar refractivity (Wildman–Crippen MR) is 66.2 cm³/mol. The van der Waals surface area contributed by atoms with Gasteiger partial charge in [0.25, 0.3) is 5.91 Å². The van der Waals surface area contributed by atoms with Crippen LogP contribution in [0.1, 0.15) is 16.1 Å². The van der Waals surface area contributed by atoms with Gasteiger partial charge >= 0.3 is 0 Å². The van der Waals surface area contributed by atoms with E-state index in [2.05, 4.69) is 15.5 Å². The van der Waals surface area contributed by atoms with E-state index < -0.39 is 0 Å². The Kier molecular flexibility index (Phi) is 3.86. The monoisotopic (exact) mass is 243 g/mol. The van der Waals surface area contributed by atoms with Crippen molar-refractivity contribution in [3.63, 3.8) is 0 Å². The highest BCUT2D eigenvalue weighted by Crippen LogP contribution is 2.16. The van der Waals surface area contributed by atoms with Gasteiger partial charge in [0.15, 0.2) is 5.69 Å². The lowest BCUT2D eigenvalue weighted by Crippen LogP contribution is -2.24. The smallest absolute Gasteiger partial charge is 0.272 e. The van der Waals surface area contributed by atoms with Crippen LogP contribution >= 0.6 is 0 Å². The highest BCUT2D eigenvalue weighted by Gasteiger charge is 2.08. The standard InChI is InChI=1S/C13H13N3O2/c1-18-12-7-3-2-5-10(12)9-14-13(17)11-6-4-8-15-16-11/h2-8H,9H2,1H3,(H,14,17). The lowest BCUT2D eigenvalue weighted by atomic mass is 10.2. The van der Waals surface area contributed by atoms with Crippen molar-refractivity contribution >= 4 is 5.91 Å². The fraction of sp³-hybridized carbons (Fsp3) is 0.154. The molecule has 1 N–H and O–H groups in total. The second kappa shape index (κ2) is 5.77. The first-order chi connectivity index (χ1) is 8.81. The number of benzene rings is 1. The summed E-state index contributed by atoms with van der Waals surface area (Å²) in [5.74, 6) is 0.492. The third-order valence-corrected chi connectivity index (χ3v) is 2.44. The lowest BCUT2D eigenvalue weighted by Gasteiger charge is -2.08. The summed E-state index contributed by atoms with van der Waals surface area (Å²) in [6.07, 6.45) is 1.52. The average molecular weight is 243 g/mol. The van der Waals surface area contributed by atoms with Gasteiger partial charge in [-0.25, -0.2) is 0 Å². The third-order valence-electron chi connectivity index (χ3n) is 2.44. The number of ether oxygens (including phenoxy) is 1. The van der Waals surface area contributed by atoms with E-state index in [0.29, 0.717) is 12.2 Å². The summed E-state index contributed by atoms with van der Waals surface area (Å²) in [4.78, 5) is 11.8. The van der Waals surface area contributed by atoms with Gasteiger partial charge < -0.3 is 10.1 Å². The number of hydrogen-bond acceptors (Lipinski definition) is 4. The highest BCUT2D eigenvalue weighted by atomic mass is 16.5. The van der Waals surface area contributed by atoms with Crippen LogP contribution in [0.3, 0.4) is 0 Å². The van der Waals surface area contributed by atoms with Crippen molar-refractivity contribution in [1.82, 2.24) is 15.5 Å². The number of nitrogens with one attached hydrogen (secondary N) is 1. The maximum Gasteiger partial charge on any atom is 0.272 e. The predicted octanol–water partition coefficient (Wildman–Crippen LogP) is 1.42. The van der Waals surface area contributed by atoms with Gasteiger partial charge in [0, 0.05) is 18.3 Å². The molecular weight excluding hydrogens is 230 g/mol. The van der Waals surface area contributed by atoms with Gasteiger partial charge in [-0.15, -0.1) is 5.10 Å². The molecule has 1 amide bonds. The maximum absolute atomic E-state index is 11.8. The van der Waals surface area contributed by atoms with Crippen molar-refractivity contribution < 1.29 is 9.53 Å². The Bertz CT molecular complexity index is 529. The molecule has 5 heteroatoms. The molecule has 0 saturated carbocycles. The molecule has 0 saturated heterocycles. The zero-order valence-electron chi connectivity index (χ0n) is 9.96. The Morgan fingerprint density at radius 2 is 2.11 bits per heavy atom. The molecule has 1 aromatic carbocycles. The number of hydrogen-bond donors (Lipinski definition) is 1. The van der Waals surface area contributed by atoms with Crippen LogP contribution < -0.4 is 10.1 Å². The van der Waals surface area contributed by atoms with E-state index in [9.17, 15) is 4.79 Å². The summed E-state index contributed by atoms with van der Waals surface area (Å²) >= 11 is 0.